The normalized spacial score (nSPS) is 11.7. The summed E-state index contributed by atoms with van der Waals surface area (Å²) < 4.78 is 7.08. The van der Waals surface area contributed by atoms with Crippen molar-refractivity contribution in [1.82, 2.24) is 20.3 Å². The molecule has 1 aromatic rings. The molecule has 17 heavy (non-hydrogen) atoms. The second-order valence-corrected chi connectivity index (χ2v) is 4.94. The smallest absolute Gasteiger partial charge is 0.0965 e. The molecule has 0 aliphatic carbocycles. The highest BCUT2D eigenvalue weighted by molar-refractivity contribution is 4.92. The minimum atomic E-state index is 0.0941. The molecule has 5 nitrogen and oxygen atoms in total. The Labute approximate surface area is 103 Å². The van der Waals surface area contributed by atoms with Crippen LogP contribution in [0.3, 0.4) is 0 Å². The highest BCUT2D eigenvalue weighted by Gasteiger charge is 2.09. The van der Waals surface area contributed by atoms with Crippen molar-refractivity contribution in [3.05, 3.63) is 24.5 Å². The standard InChI is InChI=1S/C12H22N4O/c1-5-7-17-8-6-16-10-11(14-15-16)9-13-12(2,3)4/h5,10,13H,1,6-9H2,2-4H3. The molecule has 0 aromatic carbocycles. The number of nitrogens with zero attached hydrogens (tertiary/aromatic N) is 3. The maximum atomic E-state index is 5.29. The van der Waals surface area contributed by atoms with Gasteiger partial charge >= 0.3 is 0 Å². The first-order chi connectivity index (χ1) is 8.01. The van der Waals surface area contributed by atoms with Crippen molar-refractivity contribution in [3.8, 4) is 0 Å². The highest BCUT2D eigenvalue weighted by Crippen LogP contribution is 2.01. The van der Waals surface area contributed by atoms with E-state index in [1.165, 1.54) is 0 Å². The van der Waals surface area contributed by atoms with Crippen molar-refractivity contribution in [2.75, 3.05) is 13.2 Å². The van der Waals surface area contributed by atoms with Crippen molar-refractivity contribution < 1.29 is 4.74 Å². The molecule has 1 aromatic heterocycles. The van der Waals surface area contributed by atoms with Gasteiger partial charge < -0.3 is 10.1 Å². The Morgan fingerprint density at radius 1 is 1.53 bits per heavy atom. The van der Waals surface area contributed by atoms with Crippen LogP contribution in [0.2, 0.25) is 0 Å². The van der Waals surface area contributed by atoms with Crippen molar-refractivity contribution in [2.24, 2.45) is 0 Å². The lowest BCUT2D eigenvalue weighted by Gasteiger charge is -2.19. The first kappa shape index (κ1) is 13.9. The first-order valence-electron chi connectivity index (χ1n) is 5.84. The SMILES string of the molecule is C=CCOCCn1cc(CNC(C)(C)C)nn1. The molecule has 1 N–H and O–H groups in total. The zero-order valence-electron chi connectivity index (χ0n) is 10.9. The Morgan fingerprint density at radius 2 is 2.29 bits per heavy atom. The van der Waals surface area contributed by atoms with Gasteiger partial charge in [-0.3, -0.25) is 0 Å². The molecule has 0 aliphatic heterocycles. The van der Waals surface area contributed by atoms with Gasteiger partial charge in [-0.2, -0.15) is 0 Å². The van der Waals surface area contributed by atoms with Crippen molar-refractivity contribution >= 4 is 0 Å². The minimum Gasteiger partial charge on any atom is -0.375 e. The van der Waals surface area contributed by atoms with E-state index in [1.807, 2.05) is 6.20 Å². The quantitative estimate of drug-likeness (QED) is 0.576. The van der Waals surface area contributed by atoms with Gasteiger partial charge in [0.25, 0.3) is 0 Å². The predicted molar refractivity (Wildman–Crippen MR) is 67.6 cm³/mol. The Morgan fingerprint density at radius 3 is 2.94 bits per heavy atom. The third-order valence-electron chi connectivity index (χ3n) is 2.09. The molecular weight excluding hydrogens is 216 g/mol. The topological polar surface area (TPSA) is 52.0 Å². The summed E-state index contributed by atoms with van der Waals surface area (Å²) in [4.78, 5) is 0. The lowest BCUT2D eigenvalue weighted by atomic mass is 10.1. The molecule has 1 heterocycles. The largest absolute Gasteiger partial charge is 0.375 e. The van der Waals surface area contributed by atoms with E-state index in [2.05, 4.69) is 43.0 Å². The van der Waals surface area contributed by atoms with E-state index in [-0.39, 0.29) is 5.54 Å². The molecule has 0 saturated carbocycles. The first-order valence-corrected chi connectivity index (χ1v) is 5.84. The average molecular weight is 238 g/mol. The van der Waals surface area contributed by atoms with E-state index < -0.39 is 0 Å². The molecular formula is C12H22N4O. The Bertz CT molecular complexity index is 341. The molecule has 1 rings (SSSR count). The lowest BCUT2D eigenvalue weighted by Crippen LogP contribution is -2.35. The van der Waals surface area contributed by atoms with Crippen molar-refractivity contribution in [3.63, 3.8) is 0 Å². The molecule has 0 fully saturated rings. The minimum absolute atomic E-state index is 0.0941. The zero-order chi connectivity index (χ0) is 12.7. The van der Waals surface area contributed by atoms with Gasteiger partial charge in [0.05, 0.1) is 25.5 Å². The molecule has 0 saturated heterocycles. The van der Waals surface area contributed by atoms with Crippen LogP contribution in [0, 0.1) is 0 Å². The van der Waals surface area contributed by atoms with Crippen molar-refractivity contribution in [1.29, 1.82) is 0 Å². The number of hydrogen-bond acceptors (Lipinski definition) is 4. The van der Waals surface area contributed by atoms with Gasteiger partial charge in [0.2, 0.25) is 0 Å². The van der Waals surface area contributed by atoms with E-state index in [0.717, 1.165) is 18.8 Å². The van der Waals surface area contributed by atoms with Crippen LogP contribution in [0.25, 0.3) is 0 Å². The lowest BCUT2D eigenvalue weighted by molar-refractivity contribution is 0.149. The number of nitrogens with one attached hydrogen (secondary N) is 1. The molecule has 0 amide bonds. The van der Waals surface area contributed by atoms with Crippen molar-refractivity contribution in [2.45, 2.75) is 39.4 Å². The molecule has 0 bridgehead atoms. The van der Waals surface area contributed by atoms with Gasteiger partial charge in [0, 0.05) is 18.3 Å². The van der Waals surface area contributed by atoms with Gasteiger partial charge in [0.1, 0.15) is 0 Å². The van der Waals surface area contributed by atoms with Crippen LogP contribution in [0.4, 0.5) is 0 Å². The van der Waals surface area contributed by atoms with Crippen LogP contribution in [0.1, 0.15) is 26.5 Å². The highest BCUT2D eigenvalue weighted by atomic mass is 16.5. The second kappa shape index (κ2) is 6.51. The summed E-state index contributed by atoms with van der Waals surface area (Å²) >= 11 is 0. The van der Waals surface area contributed by atoms with E-state index in [9.17, 15) is 0 Å². The Kier molecular flexibility index (Phi) is 5.31. The third kappa shape index (κ3) is 6.19. The Hall–Kier alpha value is -1.20. The van der Waals surface area contributed by atoms with Crippen LogP contribution in [-0.4, -0.2) is 33.7 Å². The summed E-state index contributed by atoms with van der Waals surface area (Å²) in [6, 6.07) is 0. The fourth-order valence-corrected chi connectivity index (χ4v) is 1.21. The predicted octanol–water partition coefficient (Wildman–Crippen LogP) is 1.37. The summed E-state index contributed by atoms with van der Waals surface area (Å²) in [5, 5.41) is 11.5. The monoisotopic (exact) mass is 238 g/mol. The van der Waals surface area contributed by atoms with E-state index in [0.29, 0.717) is 13.2 Å². The van der Waals surface area contributed by atoms with E-state index >= 15 is 0 Å². The third-order valence-corrected chi connectivity index (χ3v) is 2.09. The van der Waals surface area contributed by atoms with E-state index in [1.54, 1.807) is 10.8 Å². The summed E-state index contributed by atoms with van der Waals surface area (Å²) in [5.41, 5.74) is 1.04. The molecule has 0 aliphatic rings. The van der Waals surface area contributed by atoms with Crippen LogP contribution < -0.4 is 5.32 Å². The Balaban J connectivity index is 2.30. The zero-order valence-corrected chi connectivity index (χ0v) is 10.9. The molecule has 0 unspecified atom stereocenters. The number of rotatable bonds is 7. The molecule has 0 spiro atoms. The maximum Gasteiger partial charge on any atom is 0.0965 e. The van der Waals surface area contributed by atoms with Crippen LogP contribution >= 0.6 is 0 Å². The van der Waals surface area contributed by atoms with E-state index in [4.69, 9.17) is 4.74 Å². The van der Waals surface area contributed by atoms with Crippen LogP contribution in [0.5, 0.6) is 0 Å². The summed E-state index contributed by atoms with van der Waals surface area (Å²) in [6.45, 7) is 12.6. The summed E-state index contributed by atoms with van der Waals surface area (Å²) in [5.74, 6) is 0. The average Bonchev–Trinajstić information content (AvgIpc) is 2.69. The number of hydrogen-bond donors (Lipinski definition) is 1. The van der Waals surface area contributed by atoms with Crippen LogP contribution in [0.15, 0.2) is 18.9 Å². The fourth-order valence-electron chi connectivity index (χ4n) is 1.21. The maximum absolute atomic E-state index is 5.29. The number of aromatic nitrogens is 3. The van der Waals surface area contributed by atoms with Gasteiger partial charge in [-0.1, -0.05) is 11.3 Å². The number of ether oxygens (including phenoxy) is 1. The van der Waals surface area contributed by atoms with Gasteiger partial charge in [-0.25, -0.2) is 4.68 Å². The summed E-state index contributed by atoms with van der Waals surface area (Å²) in [6.07, 6.45) is 3.68. The van der Waals surface area contributed by atoms with Gasteiger partial charge in [0.15, 0.2) is 0 Å². The molecule has 96 valence electrons. The molecule has 0 radical (unpaired) electrons. The second-order valence-electron chi connectivity index (χ2n) is 4.94. The molecule has 5 heteroatoms. The van der Waals surface area contributed by atoms with Gasteiger partial charge in [-0.15, -0.1) is 11.7 Å². The van der Waals surface area contributed by atoms with Gasteiger partial charge in [-0.05, 0) is 20.8 Å². The van der Waals surface area contributed by atoms with Crippen LogP contribution in [-0.2, 0) is 17.8 Å². The molecule has 0 atom stereocenters. The fraction of sp³-hybridized carbons (Fsp3) is 0.667. The summed E-state index contributed by atoms with van der Waals surface area (Å²) in [7, 11) is 0.